The molecular weight excluding hydrogens is 428 g/mol. The predicted molar refractivity (Wildman–Crippen MR) is 128 cm³/mol. The number of amides is 2. The lowest BCUT2D eigenvalue weighted by Crippen LogP contribution is -2.62. The Morgan fingerprint density at radius 1 is 1.09 bits per heavy atom. The van der Waals surface area contributed by atoms with Gasteiger partial charge in [-0.15, -0.1) is 0 Å². The van der Waals surface area contributed by atoms with Crippen LogP contribution in [0.15, 0.2) is 59.0 Å². The summed E-state index contributed by atoms with van der Waals surface area (Å²) in [7, 11) is 0. The molecule has 0 bridgehead atoms. The summed E-state index contributed by atoms with van der Waals surface area (Å²) >= 11 is 3.53. The number of furan rings is 1. The van der Waals surface area contributed by atoms with Crippen molar-refractivity contribution in [2.24, 2.45) is 5.73 Å². The van der Waals surface area contributed by atoms with Gasteiger partial charge in [-0.25, -0.2) is 0 Å². The normalized spacial score (nSPS) is 12.8. The minimum Gasteiger partial charge on any atom is -0.461 e. The molecule has 1 fully saturated rings. The van der Waals surface area contributed by atoms with Crippen LogP contribution in [-0.2, 0) is 4.79 Å². The zero-order valence-corrected chi connectivity index (χ0v) is 19.1. The first kappa shape index (κ1) is 25.5. The second-order valence-corrected chi connectivity index (χ2v) is 7.43. The van der Waals surface area contributed by atoms with Gasteiger partial charge in [0, 0.05) is 5.39 Å². The number of aliphatic hydroxyl groups is 2. The first-order valence-corrected chi connectivity index (χ1v) is 11.1. The molecule has 2 amide bonds. The molecule has 1 heterocycles. The number of carbonyl (C=O) groups is 2. The number of nitrogens with two attached hydrogens (primary N) is 1. The molecule has 0 unspecified atom stereocenters. The number of nitrogens with one attached hydrogen (secondary N) is 1. The predicted octanol–water partition coefficient (Wildman–Crippen LogP) is 2.79. The van der Waals surface area contributed by atoms with Crippen LogP contribution >= 0.6 is 12.6 Å². The van der Waals surface area contributed by atoms with Gasteiger partial charge in [-0.05, 0) is 49.6 Å². The molecule has 4 rings (SSSR count). The van der Waals surface area contributed by atoms with Crippen molar-refractivity contribution in [1.29, 1.82) is 0 Å². The van der Waals surface area contributed by atoms with Crippen LogP contribution in [0.4, 0.5) is 0 Å². The molecule has 0 aliphatic heterocycles. The van der Waals surface area contributed by atoms with Crippen LogP contribution in [0, 0.1) is 6.92 Å². The average Bonchev–Trinajstić information content (AvgIpc) is 3.62. The third-order valence-corrected chi connectivity index (χ3v) is 5.19. The first-order valence-electron chi connectivity index (χ1n) is 10.2. The summed E-state index contributed by atoms with van der Waals surface area (Å²) in [5.41, 5.74) is 5.29. The van der Waals surface area contributed by atoms with Crippen LogP contribution in [0.25, 0.3) is 11.0 Å². The van der Waals surface area contributed by atoms with Crippen molar-refractivity contribution in [1.82, 2.24) is 5.32 Å². The Labute approximate surface area is 193 Å². The van der Waals surface area contributed by atoms with Crippen LogP contribution in [0.5, 0.6) is 0 Å². The third-order valence-electron chi connectivity index (χ3n) is 5.19. The molecule has 32 heavy (non-hydrogen) atoms. The third kappa shape index (κ3) is 5.91. The quantitative estimate of drug-likeness (QED) is 0.363. The number of aryl methyl sites for hydroxylation is 1. The summed E-state index contributed by atoms with van der Waals surface area (Å²) in [6, 6.07) is 17.7. The Bertz CT molecular complexity index is 1000. The highest BCUT2D eigenvalue weighted by Crippen LogP contribution is 2.41. The minimum atomic E-state index is -1.92. The molecule has 172 valence electrons. The zero-order chi connectivity index (χ0) is 23.7. The Morgan fingerprint density at radius 3 is 2.06 bits per heavy atom. The summed E-state index contributed by atoms with van der Waals surface area (Å²) in [6.45, 7) is 0.0506. The molecule has 7 nitrogen and oxygen atoms in total. The Balaban J connectivity index is 0.000000387. The topological polar surface area (TPSA) is 126 Å². The van der Waals surface area contributed by atoms with Crippen molar-refractivity contribution in [3.05, 3.63) is 71.5 Å². The summed E-state index contributed by atoms with van der Waals surface area (Å²) in [5.74, 6) is -0.726. The highest BCUT2D eigenvalue weighted by Gasteiger charge is 2.38. The van der Waals surface area contributed by atoms with Gasteiger partial charge in [-0.2, -0.15) is 12.6 Å². The van der Waals surface area contributed by atoms with Gasteiger partial charge in [-0.1, -0.05) is 42.5 Å². The van der Waals surface area contributed by atoms with E-state index in [0.717, 1.165) is 18.4 Å². The first-order chi connectivity index (χ1) is 15.4. The van der Waals surface area contributed by atoms with Crippen LogP contribution < -0.4 is 11.1 Å². The van der Waals surface area contributed by atoms with Crippen LogP contribution in [0.1, 0.15) is 40.4 Å². The fourth-order valence-electron chi connectivity index (χ4n) is 3.20. The monoisotopic (exact) mass is 458 g/mol. The van der Waals surface area contributed by atoms with E-state index in [-0.39, 0.29) is 5.56 Å². The molecule has 1 saturated carbocycles. The minimum absolute atomic E-state index is 0.278. The summed E-state index contributed by atoms with van der Waals surface area (Å²) < 4.78 is 5.62. The lowest BCUT2D eigenvalue weighted by atomic mass is 9.99. The molecule has 1 aliphatic carbocycles. The van der Waals surface area contributed by atoms with E-state index in [4.69, 9.17) is 10.2 Å². The van der Waals surface area contributed by atoms with E-state index < -0.39 is 30.6 Å². The fourth-order valence-corrected chi connectivity index (χ4v) is 3.20. The zero-order valence-electron chi connectivity index (χ0n) is 18.2. The van der Waals surface area contributed by atoms with Crippen LogP contribution in [0.2, 0.25) is 0 Å². The molecule has 0 atom stereocenters. The van der Waals surface area contributed by atoms with Crippen molar-refractivity contribution in [3.8, 4) is 0 Å². The number of aliphatic hydroxyl groups excluding tert-OH is 2. The molecule has 1 aliphatic rings. The van der Waals surface area contributed by atoms with E-state index in [1.165, 1.54) is 0 Å². The number of hydrogen-bond acceptors (Lipinski definition) is 6. The Morgan fingerprint density at radius 2 is 1.62 bits per heavy atom. The lowest BCUT2D eigenvalue weighted by molar-refractivity contribution is -0.127. The van der Waals surface area contributed by atoms with Gasteiger partial charge >= 0.3 is 0 Å². The Hall–Kier alpha value is -2.81. The van der Waals surface area contributed by atoms with E-state index in [0.29, 0.717) is 22.6 Å². The van der Waals surface area contributed by atoms with E-state index >= 15 is 0 Å². The Kier molecular flexibility index (Phi) is 9.31. The summed E-state index contributed by atoms with van der Waals surface area (Å²) in [4.78, 5) is 24.2. The number of benzene rings is 2. The van der Waals surface area contributed by atoms with Crippen molar-refractivity contribution >= 4 is 35.4 Å². The number of primary amides is 1. The SMILES string of the molecule is CS.Cc1oc2ccc(C3CC3)cc2c1C(=O)NC(CO)(CO)C(N)=O.c1ccccc1. The van der Waals surface area contributed by atoms with E-state index in [2.05, 4.69) is 17.9 Å². The lowest BCUT2D eigenvalue weighted by Gasteiger charge is -2.27. The number of rotatable bonds is 6. The molecule has 5 N–H and O–H groups in total. The smallest absolute Gasteiger partial charge is 0.256 e. The molecule has 1 aromatic heterocycles. The second kappa shape index (κ2) is 11.7. The molecule has 0 saturated heterocycles. The van der Waals surface area contributed by atoms with Gasteiger partial charge in [0.05, 0.1) is 18.8 Å². The number of thiol groups is 1. The van der Waals surface area contributed by atoms with Gasteiger partial charge in [-0.3, -0.25) is 9.59 Å². The van der Waals surface area contributed by atoms with Crippen LogP contribution in [-0.4, -0.2) is 47.0 Å². The fraction of sp³-hybridized carbons (Fsp3) is 0.333. The van der Waals surface area contributed by atoms with Gasteiger partial charge < -0.3 is 25.7 Å². The molecule has 0 radical (unpaired) electrons. The van der Waals surface area contributed by atoms with Crippen molar-refractivity contribution in [2.45, 2.75) is 31.2 Å². The molecule has 0 spiro atoms. The average molecular weight is 459 g/mol. The van der Waals surface area contributed by atoms with Crippen molar-refractivity contribution in [3.63, 3.8) is 0 Å². The van der Waals surface area contributed by atoms with E-state index in [1.54, 1.807) is 13.2 Å². The second-order valence-electron chi connectivity index (χ2n) is 7.43. The van der Waals surface area contributed by atoms with Crippen LogP contribution in [0.3, 0.4) is 0 Å². The highest BCUT2D eigenvalue weighted by atomic mass is 32.1. The highest BCUT2D eigenvalue weighted by molar-refractivity contribution is 7.79. The van der Waals surface area contributed by atoms with Gasteiger partial charge in [0.1, 0.15) is 11.3 Å². The van der Waals surface area contributed by atoms with E-state index in [9.17, 15) is 19.8 Å². The van der Waals surface area contributed by atoms with Gasteiger partial charge in [0.2, 0.25) is 5.91 Å². The maximum Gasteiger partial charge on any atom is 0.256 e. The molecule has 8 heteroatoms. The standard InChI is InChI=1S/C17H20N2O5.C6H6.CH4S/c1-9-14(15(22)19-17(7-20,8-21)16(18)23)12-6-11(10-2-3-10)4-5-13(12)24-9;1-2-4-6-5-3-1;1-2/h4-6,10,20-21H,2-3,7-8H2,1H3,(H2,18,23)(H,19,22);1-6H;2H,1H3. The summed E-state index contributed by atoms with van der Waals surface area (Å²) in [6.07, 6.45) is 3.95. The van der Waals surface area contributed by atoms with Crippen molar-refractivity contribution < 1.29 is 24.2 Å². The van der Waals surface area contributed by atoms with Gasteiger partial charge in [0.25, 0.3) is 5.91 Å². The maximum absolute atomic E-state index is 12.7. The molecular formula is C24H30N2O5S. The largest absolute Gasteiger partial charge is 0.461 e. The maximum atomic E-state index is 12.7. The number of fused-ring (bicyclic) bond motifs is 1. The van der Waals surface area contributed by atoms with E-state index in [1.807, 2.05) is 54.6 Å². The molecule has 2 aromatic carbocycles. The number of hydrogen-bond donors (Lipinski definition) is 5. The molecule has 3 aromatic rings. The van der Waals surface area contributed by atoms with Gasteiger partial charge in [0.15, 0.2) is 5.54 Å². The number of carbonyl (C=O) groups excluding carboxylic acids is 2. The van der Waals surface area contributed by atoms with Crippen molar-refractivity contribution in [2.75, 3.05) is 19.5 Å². The summed E-state index contributed by atoms with van der Waals surface area (Å²) in [5, 5.41) is 21.8.